The number of H-pyrrole nitrogens is 1. The molecule has 3 heterocycles. The highest BCUT2D eigenvalue weighted by atomic mass is 32.1. The number of nitrogens with zero attached hydrogens (tertiary/aromatic N) is 3. The third-order valence-corrected chi connectivity index (χ3v) is 6.02. The van der Waals surface area contributed by atoms with Gasteiger partial charge < -0.3 is 15.0 Å². The van der Waals surface area contributed by atoms with E-state index in [-0.39, 0.29) is 17.9 Å². The first kappa shape index (κ1) is 22.3. The molecule has 0 radical (unpaired) electrons. The lowest BCUT2D eigenvalue weighted by atomic mass is 10.00. The summed E-state index contributed by atoms with van der Waals surface area (Å²) in [5.41, 5.74) is -1.27. The molecule has 0 saturated heterocycles. The maximum atomic E-state index is 12.7. The van der Waals surface area contributed by atoms with Crippen molar-refractivity contribution in [3.05, 3.63) is 49.2 Å². The second-order valence-corrected chi connectivity index (χ2v) is 9.07. The average Bonchev–Trinajstić information content (AvgIpc) is 3.43. The van der Waals surface area contributed by atoms with Crippen molar-refractivity contribution >= 4 is 57.5 Å². The molecule has 0 aliphatic carbocycles. The lowest BCUT2D eigenvalue weighted by Crippen LogP contribution is -2.36. The number of aromatic nitrogens is 4. The van der Waals surface area contributed by atoms with Gasteiger partial charge in [0.05, 0.1) is 14.2 Å². The maximum Gasteiger partial charge on any atom is 0.303 e. The molecule has 2 N–H and O–H groups in total. The summed E-state index contributed by atoms with van der Waals surface area (Å²) in [7, 11) is 0. The van der Waals surface area contributed by atoms with Gasteiger partial charge >= 0.3 is 5.97 Å². The molecular weight excluding hydrogens is 442 g/mol. The Labute approximate surface area is 183 Å². The number of carbonyl (C=O) groups excluding carboxylic acids is 3. The summed E-state index contributed by atoms with van der Waals surface area (Å²) in [6.07, 6.45) is 5.85. The number of anilines is 1. The van der Waals surface area contributed by atoms with Crippen molar-refractivity contribution < 1.29 is 19.1 Å². The third-order valence-electron chi connectivity index (χ3n) is 4.11. The van der Waals surface area contributed by atoms with E-state index in [1.807, 2.05) is 0 Å². The van der Waals surface area contributed by atoms with Crippen LogP contribution in [-0.2, 0) is 24.7 Å². The van der Waals surface area contributed by atoms with E-state index >= 15 is 0 Å². The van der Waals surface area contributed by atoms with Crippen molar-refractivity contribution in [1.82, 2.24) is 19.7 Å². The zero-order chi connectivity index (χ0) is 22.6. The minimum Gasteiger partial charge on any atom is -0.456 e. The number of ether oxygens (including phenoxy) is 1. The van der Waals surface area contributed by atoms with Crippen LogP contribution in [0.5, 0.6) is 0 Å². The Kier molecular flexibility index (Phi) is 6.61. The summed E-state index contributed by atoms with van der Waals surface area (Å²) in [6.45, 7) is 4.28. The van der Waals surface area contributed by atoms with Crippen LogP contribution in [0.1, 0.15) is 25.6 Å². The van der Waals surface area contributed by atoms with Gasteiger partial charge in [-0.2, -0.15) is 5.10 Å². The van der Waals surface area contributed by atoms with E-state index in [2.05, 4.69) is 25.1 Å². The van der Waals surface area contributed by atoms with Gasteiger partial charge in [-0.05, 0) is 32.1 Å². The van der Waals surface area contributed by atoms with Gasteiger partial charge in [0.2, 0.25) is 0 Å². The highest BCUT2D eigenvalue weighted by Gasteiger charge is 2.28. The van der Waals surface area contributed by atoms with E-state index in [1.54, 1.807) is 32.1 Å². The summed E-state index contributed by atoms with van der Waals surface area (Å²) in [5.74, 6) is -1.23. The van der Waals surface area contributed by atoms with Gasteiger partial charge in [-0.25, -0.2) is 9.67 Å². The van der Waals surface area contributed by atoms with Gasteiger partial charge in [0, 0.05) is 17.9 Å². The molecule has 0 atom stereocenters. The number of amides is 1. The van der Waals surface area contributed by atoms with E-state index in [0.29, 0.717) is 14.2 Å². The number of thiophene rings is 1. The zero-order valence-electron chi connectivity index (χ0n) is 16.9. The largest absolute Gasteiger partial charge is 0.456 e. The number of hydrogen-bond acceptors (Lipinski definition) is 9. The van der Waals surface area contributed by atoms with Crippen molar-refractivity contribution in [2.45, 2.75) is 26.3 Å². The van der Waals surface area contributed by atoms with E-state index in [1.165, 1.54) is 41.7 Å². The van der Waals surface area contributed by atoms with Crippen LogP contribution in [0.3, 0.4) is 0 Å². The molecule has 3 aromatic heterocycles. The lowest BCUT2D eigenvalue weighted by Gasteiger charge is -2.20. The Hall–Kier alpha value is -3.38. The molecule has 0 bridgehead atoms. The van der Waals surface area contributed by atoms with Gasteiger partial charge in [0.15, 0.2) is 12.4 Å². The number of thiazole rings is 1. The number of rotatable bonds is 7. The number of aromatic amines is 1. The number of carbonyl (C=O) groups is 3. The van der Waals surface area contributed by atoms with Crippen LogP contribution < -0.4 is 20.1 Å². The topological polar surface area (TPSA) is 136 Å². The van der Waals surface area contributed by atoms with Crippen molar-refractivity contribution in [3.8, 4) is 0 Å². The van der Waals surface area contributed by atoms with Crippen LogP contribution in [-0.4, -0.2) is 44.0 Å². The van der Waals surface area contributed by atoms with E-state index < -0.39 is 17.4 Å². The summed E-state index contributed by atoms with van der Waals surface area (Å²) in [6, 6.07) is 3.43. The molecule has 31 heavy (non-hydrogen) atoms. The van der Waals surface area contributed by atoms with Gasteiger partial charge in [0.1, 0.15) is 18.2 Å². The molecule has 0 fully saturated rings. The van der Waals surface area contributed by atoms with E-state index in [4.69, 9.17) is 0 Å². The van der Waals surface area contributed by atoms with Crippen LogP contribution in [0.25, 0.3) is 12.2 Å². The van der Waals surface area contributed by atoms with Crippen LogP contribution >= 0.6 is 22.7 Å². The minimum absolute atomic E-state index is 0.240. The first-order valence-electron chi connectivity index (χ1n) is 9.00. The van der Waals surface area contributed by atoms with Gasteiger partial charge in [-0.1, -0.05) is 0 Å². The predicted molar refractivity (Wildman–Crippen MR) is 116 cm³/mol. The molecule has 0 saturated carbocycles. The van der Waals surface area contributed by atoms with Gasteiger partial charge in [-0.3, -0.25) is 19.2 Å². The Morgan fingerprint density at radius 3 is 2.74 bits per heavy atom. The number of ketones is 1. The zero-order valence-corrected chi connectivity index (χ0v) is 18.5. The highest BCUT2D eigenvalue weighted by molar-refractivity contribution is 7.17. The molecule has 0 spiro atoms. The predicted octanol–water partition coefficient (Wildman–Crippen LogP) is 0.205. The fourth-order valence-electron chi connectivity index (χ4n) is 2.40. The maximum absolute atomic E-state index is 12.7. The Bertz CT molecular complexity index is 1280. The van der Waals surface area contributed by atoms with Crippen LogP contribution in [0.4, 0.5) is 5.00 Å². The first-order valence-corrected chi connectivity index (χ1v) is 10.6. The number of Topliss-reactive ketones (excluding diaryl/α,β-unsaturated/α-hetero) is 1. The molecule has 3 aromatic rings. The van der Waals surface area contributed by atoms with Crippen molar-refractivity contribution in [2.24, 2.45) is 0 Å². The highest BCUT2D eigenvalue weighted by Crippen LogP contribution is 2.22. The standard InChI is InChI=1S/C19H19N5O5S2/c1-11(25)29-8-15(27)22-16-5-4-12(30-16)6-13-18(28)23-17(31-13)7-14(26)19(2,3)24-10-20-9-21-24/h4-7,9-10H,8H2,1-3H3,(H,22,27)(H,23,28)/b13-6-,17-7+. The average molecular weight is 462 g/mol. The van der Waals surface area contributed by atoms with Crippen molar-refractivity contribution in [3.63, 3.8) is 0 Å². The number of nitrogens with one attached hydrogen (secondary N) is 2. The van der Waals surface area contributed by atoms with Crippen LogP contribution in [0.15, 0.2) is 29.6 Å². The fraction of sp³-hybridized carbons (Fsp3) is 0.263. The first-order chi connectivity index (χ1) is 14.6. The number of esters is 1. The van der Waals surface area contributed by atoms with Crippen LogP contribution in [0.2, 0.25) is 0 Å². The summed E-state index contributed by atoms with van der Waals surface area (Å²) < 4.78 is 6.92. The molecule has 3 rings (SSSR count). The van der Waals surface area contributed by atoms with Crippen LogP contribution in [0, 0.1) is 0 Å². The minimum atomic E-state index is -0.950. The molecule has 0 unspecified atom stereocenters. The molecular formula is C19H19N5O5S2. The summed E-state index contributed by atoms with van der Waals surface area (Å²) in [4.78, 5) is 54.7. The lowest BCUT2D eigenvalue weighted by molar-refractivity contribution is -0.144. The molecule has 1 amide bonds. The fourth-order valence-corrected chi connectivity index (χ4v) is 4.22. The van der Waals surface area contributed by atoms with Crippen molar-refractivity contribution in [1.29, 1.82) is 0 Å². The monoisotopic (exact) mass is 461 g/mol. The summed E-state index contributed by atoms with van der Waals surface area (Å²) in [5, 5.41) is 7.17. The quantitative estimate of drug-likeness (QED) is 0.480. The molecule has 12 heteroatoms. The summed E-state index contributed by atoms with van der Waals surface area (Å²) >= 11 is 2.40. The molecule has 0 aliphatic heterocycles. The Morgan fingerprint density at radius 1 is 1.29 bits per heavy atom. The molecule has 162 valence electrons. The molecule has 0 aliphatic rings. The molecule has 10 nitrogen and oxygen atoms in total. The van der Waals surface area contributed by atoms with Gasteiger partial charge in [0.25, 0.3) is 11.5 Å². The molecule has 0 aromatic carbocycles. The Morgan fingerprint density at radius 2 is 2.06 bits per heavy atom. The number of hydrogen-bond donors (Lipinski definition) is 2. The van der Waals surface area contributed by atoms with E-state index in [9.17, 15) is 19.2 Å². The van der Waals surface area contributed by atoms with Crippen molar-refractivity contribution in [2.75, 3.05) is 11.9 Å². The normalized spacial score (nSPS) is 12.7. The second-order valence-electron chi connectivity index (χ2n) is 6.87. The SMILES string of the molecule is CC(=O)OCC(=O)Nc1ccc(/C=c2\s/c(=C/C(=O)C(C)(C)n3cncn3)[nH]c2=O)s1. The van der Waals surface area contributed by atoms with Gasteiger partial charge in [-0.15, -0.1) is 22.7 Å². The van der Waals surface area contributed by atoms with E-state index in [0.717, 1.165) is 16.2 Å². The second kappa shape index (κ2) is 9.18. The Balaban J connectivity index is 1.78. The smallest absolute Gasteiger partial charge is 0.303 e. The third kappa shape index (κ3) is 5.61.